The van der Waals surface area contributed by atoms with Gasteiger partial charge in [0.2, 0.25) is 0 Å². The van der Waals surface area contributed by atoms with Gasteiger partial charge < -0.3 is 19.4 Å². The molecule has 0 bridgehead atoms. The van der Waals surface area contributed by atoms with Gasteiger partial charge in [0, 0.05) is 46.1 Å². The van der Waals surface area contributed by atoms with E-state index < -0.39 is 78.5 Å². The Morgan fingerprint density at radius 2 is 1.16 bits per heavy atom. The molecule has 0 aliphatic heterocycles. The average molecular weight is 1030 g/mol. The fraction of sp³-hybridized carbons (Fsp3) is 0.105. The minimum Gasteiger partial charge on any atom is -0.497 e. The smallest absolute Gasteiger partial charge is 0.497 e. The molecular formula is C57H40F2IrN3O. The van der Waals surface area contributed by atoms with Gasteiger partial charge in [0.15, 0.2) is 11.4 Å². The molecule has 0 aliphatic carbocycles. The predicted molar refractivity (Wildman–Crippen MR) is 247 cm³/mol. The van der Waals surface area contributed by atoms with Crippen molar-refractivity contribution in [2.45, 2.75) is 38.3 Å². The summed E-state index contributed by atoms with van der Waals surface area (Å²) in [5, 5.41) is 0.547. The molecule has 0 saturated carbocycles. The van der Waals surface area contributed by atoms with E-state index in [1.165, 1.54) is 36.7 Å². The first-order valence-corrected chi connectivity index (χ1v) is 19.9. The summed E-state index contributed by atoms with van der Waals surface area (Å²) in [6.07, 6.45) is -7.80. The Morgan fingerprint density at radius 1 is 0.547 bits per heavy atom. The van der Waals surface area contributed by atoms with Crippen molar-refractivity contribution in [1.82, 2.24) is 15.0 Å². The van der Waals surface area contributed by atoms with Crippen molar-refractivity contribution in [3.8, 4) is 44.9 Å². The number of aromatic nitrogens is 3. The standard InChI is InChI=1S/C57H40F2N3O.Ir/c58-51-34-54(50-18-10-17-48-49-28-27-47(43-11-4-1-5-12-43)55(59)57(49)63-56(48)50)62-37-46(51)26-23-42-32-40(21-19-38-24-29-52(60-35-38)44-13-6-2-7-14-44)31-41(33-42)22-20-39-25-30-53(61-36-39)45-15-8-3-9-16-45;/h1-13,15,17,24-25,27-37H,19-23,26H2;/q-3;+3/i1D,4D,5D,11D,12D,21D2,22D2,23D2,26D2;. The van der Waals surface area contributed by atoms with Gasteiger partial charge in [-0.2, -0.15) is 0 Å². The Bertz CT molecular complexity index is 3720. The van der Waals surface area contributed by atoms with Gasteiger partial charge in [-0.3, -0.25) is 0 Å². The van der Waals surface area contributed by atoms with Crippen molar-refractivity contribution < 1.29 is 51.1 Å². The molecule has 0 fully saturated rings. The monoisotopic (exact) mass is 1030 g/mol. The minimum absolute atomic E-state index is 0. The molecule has 7 heteroatoms. The molecule has 4 nitrogen and oxygen atoms in total. The van der Waals surface area contributed by atoms with Gasteiger partial charge in [0.05, 0.1) is 12.4 Å². The molecule has 0 amide bonds. The van der Waals surface area contributed by atoms with E-state index in [0.29, 0.717) is 27.9 Å². The second kappa shape index (κ2) is 19.2. The van der Waals surface area contributed by atoms with E-state index in [4.69, 9.17) is 11.3 Å². The van der Waals surface area contributed by atoms with E-state index in [1.807, 2.05) is 36.4 Å². The van der Waals surface area contributed by atoms with Crippen molar-refractivity contribution >= 4 is 21.9 Å². The van der Waals surface area contributed by atoms with Crippen LogP contribution in [0.5, 0.6) is 0 Å². The number of pyridine rings is 3. The molecule has 6 aromatic carbocycles. The van der Waals surface area contributed by atoms with Crippen LogP contribution in [-0.2, 0) is 58.4 Å². The Balaban J connectivity index is 0.00000722. The molecule has 4 heterocycles. The second-order valence-corrected chi connectivity index (χ2v) is 14.5. The van der Waals surface area contributed by atoms with Gasteiger partial charge >= 0.3 is 20.1 Å². The molecule has 0 radical (unpaired) electrons. The largest absolute Gasteiger partial charge is 3.00 e. The number of aryl methyl sites for hydroxylation is 6. The third-order valence-electron chi connectivity index (χ3n) is 10.3. The van der Waals surface area contributed by atoms with Gasteiger partial charge in [0.1, 0.15) is 5.82 Å². The fourth-order valence-electron chi connectivity index (χ4n) is 7.13. The van der Waals surface area contributed by atoms with Crippen LogP contribution in [0, 0.1) is 29.8 Å². The van der Waals surface area contributed by atoms with E-state index in [9.17, 15) is 11.0 Å². The molecule has 4 aromatic heterocycles. The number of fused-ring (bicyclic) bond motifs is 3. The number of nitrogens with zero attached hydrogens (tertiary/aromatic N) is 3. The van der Waals surface area contributed by atoms with Crippen molar-refractivity contribution in [2.75, 3.05) is 0 Å². The van der Waals surface area contributed by atoms with Crippen LogP contribution < -0.4 is 0 Å². The maximum absolute atomic E-state index is 16.7. The fourth-order valence-corrected chi connectivity index (χ4v) is 7.13. The summed E-state index contributed by atoms with van der Waals surface area (Å²) in [7, 11) is 0. The van der Waals surface area contributed by atoms with Gasteiger partial charge in [-0.25, -0.2) is 8.78 Å². The molecule has 0 spiro atoms. The van der Waals surface area contributed by atoms with Crippen LogP contribution in [-0.4, -0.2) is 15.0 Å². The van der Waals surface area contributed by atoms with Crippen molar-refractivity contribution in [3.05, 3.63) is 233 Å². The number of benzene rings is 6. The maximum Gasteiger partial charge on any atom is 3.00 e. The molecule has 10 rings (SSSR count). The van der Waals surface area contributed by atoms with E-state index in [1.54, 1.807) is 42.5 Å². The Labute approximate surface area is 403 Å². The number of rotatable bonds is 13. The van der Waals surface area contributed by atoms with Crippen molar-refractivity contribution in [1.29, 1.82) is 0 Å². The van der Waals surface area contributed by atoms with Crippen LogP contribution in [0.25, 0.3) is 66.8 Å². The predicted octanol–water partition coefficient (Wildman–Crippen LogP) is 13.5. The summed E-state index contributed by atoms with van der Waals surface area (Å²) in [6, 6.07) is 37.3. The SMILES string of the molecule is [2H]c1c([2H])c([2H])c(-c2ccc3c(oc4c(-c5cc(F)c(C([2H])([2H])C([2H])([2H])c6cc(C([2H])([2H])Cc7ccc(-c8[c-]cccc8)nc7)cc(C([2H])([2H])Cc7ccc(-c8[c-]cccc8)nc7)c6)cn5)[c-]ccc43)c2F)c([2H])c1[2H].[Ir+3]. The Hall–Kier alpha value is -6.92. The van der Waals surface area contributed by atoms with Crippen LogP contribution >= 0.6 is 0 Å². The molecule has 64 heavy (non-hydrogen) atoms. The number of hydrogen-bond acceptors (Lipinski definition) is 4. The zero-order chi connectivity index (χ0) is 54.1. The number of furan rings is 1. The molecule has 0 unspecified atom stereocenters. The summed E-state index contributed by atoms with van der Waals surface area (Å²) in [4.78, 5) is 13.3. The normalized spacial score (nSPS) is 15.1. The maximum atomic E-state index is 16.7. The average Bonchev–Trinajstić information content (AvgIpc) is 3.87. The summed E-state index contributed by atoms with van der Waals surface area (Å²) in [6.45, 7) is 0. The van der Waals surface area contributed by atoms with Gasteiger partial charge in [-0.1, -0.05) is 95.8 Å². The zero-order valence-corrected chi connectivity index (χ0v) is 35.9. The molecule has 0 aliphatic rings. The molecular weight excluding hydrogens is 973 g/mol. The summed E-state index contributed by atoms with van der Waals surface area (Å²) in [5.41, 5.74) is 0.729. The number of halogens is 2. The first-order valence-electron chi connectivity index (χ1n) is 26.4. The van der Waals surface area contributed by atoms with Crippen LogP contribution in [0.1, 0.15) is 51.2 Å². The second-order valence-electron chi connectivity index (χ2n) is 14.5. The topological polar surface area (TPSA) is 51.8 Å². The van der Waals surface area contributed by atoms with Crippen molar-refractivity contribution in [2.24, 2.45) is 0 Å². The van der Waals surface area contributed by atoms with Crippen LogP contribution in [0.4, 0.5) is 8.78 Å². The Morgan fingerprint density at radius 3 is 1.73 bits per heavy atom. The van der Waals surface area contributed by atoms with E-state index >= 15 is 8.78 Å². The van der Waals surface area contributed by atoms with Gasteiger partial charge in [-0.15, -0.1) is 90.0 Å². The first kappa shape index (κ1) is 29.4. The van der Waals surface area contributed by atoms with E-state index in [-0.39, 0.29) is 83.0 Å². The third-order valence-corrected chi connectivity index (χ3v) is 10.3. The van der Waals surface area contributed by atoms with Crippen LogP contribution in [0.15, 0.2) is 175 Å². The number of hydrogen-bond donors (Lipinski definition) is 0. The van der Waals surface area contributed by atoms with E-state index in [0.717, 1.165) is 35.5 Å². The summed E-state index contributed by atoms with van der Waals surface area (Å²) < 4.78 is 155. The first-order chi connectivity index (χ1) is 36.1. The van der Waals surface area contributed by atoms with Crippen LogP contribution in [0.3, 0.4) is 0 Å². The molecule has 0 N–H and O–H groups in total. The molecule has 10 aromatic rings. The molecule has 0 atom stereocenters. The molecule has 312 valence electrons. The third kappa shape index (κ3) is 9.23. The molecule has 0 saturated heterocycles. The minimum atomic E-state index is -3.25. The van der Waals surface area contributed by atoms with Crippen LogP contribution in [0.2, 0.25) is 0 Å². The zero-order valence-electron chi connectivity index (χ0n) is 46.5. The Kier molecular flexibility index (Phi) is 8.84. The van der Waals surface area contributed by atoms with Gasteiger partial charge in [0.25, 0.3) is 0 Å². The summed E-state index contributed by atoms with van der Waals surface area (Å²) >= 11 is 0. The quantitative estimate of drug-likeness (QED) is 0.108. The summed E-state index contributed by atoms with van der Waals surface area (Å²) in [5.74, 6) is -2.27. The van der Waals surface area contributed by atoms with Crippen molar-refractivity contribution in [3.63, 3.8) is 0 Å². The van der Waals surface area contributed by atoms with Gasteiger partial charge in [-0.05, 0) is 94.9 Å². The van der Waals surface area contributed by atoms with E-state index in [2.05, 4.69) is 33.2 Å².